The fraction of sp³-hybridized carbons (Fsp3) is 0.0345. The number of esters is 1. The molecule has 0 aliphatic heterocycles. The summed E-state index contributed by atoms with van der Waals surface area (Å²) in [5, 5.41) is 30.0. The van der Waals surface area contributed by atoms with Crippen molar-refractivity contribution in [3.8, 4) is 5.75 Å². The number of aliphatic hydroxyl groups excluding tert-OH is 1. The van der Waals surface area contributed by atoms with Crippen LogP contribution in [0.15, 0.2) is 125 Å². The Morgan fingerprint density at radius 2 is 1.53 bits per heavy atom. The van der Waals surface area contributed by atoms with E-state index in [1.165, 1.54) is 31.2 Å². The predicted octanol–water partition coefficient (Wildman–Crippen LogP) is 6.93. The molecular weight excluding hydrogens is 486 g/mol. The number of hydrogen-bond donors (Lipinski definition) is 1. The molecule has 0 heterocycles. The van der Waals surface area contributed by atoms with Crippen molar-refractivity contribution < 1.29 is 24.4 Å². The summed E-state index contributed by atoms with van der Waals surface area (Å²) in [6.07, 6.45) is 5.61. The molecule has 1 N–H and O–H groups in total. The lowest BCUT2D eigenvalue weighted by Crippen LogP contribution is -2.08. The van der Waals surface area contributed by atoms with Crippen LogP contribution in [-0.4, -0.2) is 21.8 Å². The van der Waals surface area contributed by atoms with Gasteiger partial charge in [-0.1, -0.05) is 79.4 Å². The lowest BCUT2D eigenvalue weighted by atomic mass is 10.1. The first-order valence-corrected chi connectivity index (χ1v) is 11.3. The quantitative estimate of drug-likeness (QED) is 0.0461. The number of rotatable bonds is 10. The van der Waals surface area contributed by atoms with Crippen molar-refractivity contribution in [2.24, 2.45) is 10.2 Å². The second-order valence-corrected chi connectivity index (χ2v) is 7.86. The Kier molecular flexibility index (Phi) is 9.31. The molecule has 3 aromatic carbocycles. The van der Waals surface area contributed by atoms with E-state index in [1.54, 1.807) is 48.6 Å². The molecule has 3 aromatic rings. The van der Waals surface area contributed by atoms with E-state index in [0.29, 0.717) is 0 Å². The second kappa shape index (κ2) is 13.0. The number of ether oxygens (including phenoxy) is 1. The predicted molar refractivity (Wildman–Crippen MR) is 144 cm³/mol. The zero-order valence-electron chi connectivity index (χ0n) is 20.4. The Hall–Kier alpha value is -5.44. The summed E-state index contributed by atoms with van der Waals surface area (Å²) in [7, 11) is 0. The summed E-state index contributed by atoms with van der Waals surface area (Å²) in [5.41, 5.74) is 0.447. The number of nitro benzene ring substituents is 1. The summed E-state index contributed by atoms with van der Waals surface area (Å²) in [4.78, 5) is 35.6. The number of azo groups is 1. The first-order chi connectivity index (χ1) is 18.2. The van der Waals surface area contributed by atoms with Gasteiger partial charge in [-0.25, -0.2) is 4.79 Å². The zero-order chi connectivity index (χ0) is 27.5. The molecule has 0 aliphatic rings. The van der Waals surface area contributed by atoms with Crippen LogP contribution in [0.1, 0.15) is 18.1 Å². The topological polar surface area (TPSA) is 131 Å². The standard InChI is InChI=1S/C29H23N3O6/c1-20(2)29(35)38-23-15-16-24(25(19-23)32(36)37)30-31-28(26(33)17-13-21-9-5-3-6-10-21)27(34)18-14-22-11-7-4-8-12-22/h3-19,33H,1H2,2H3/b17-13+,18-14+,28-26?,31-30?. The van der Waals surface area contributed by atoms with E-state index < -0.39 is 33.8 Å². The summed E-state index contributed by atoms with van der Waals surface area (Å²) >= 11 is 0. The Morgan fingerprint density at radius 3 is 2.08 bits per heavy atom. The van der Waals surface area contributed by atoms with Gasteiger partial charge in [-0.2, -0.15) is 0 Å². The van der Waals surface area contributed by atoms with Crippen molar-refractivity contribution in [2.75, 3.05) is 0 Å². The summed E-state index contributed by atoms with van der Waals surface area (Å²) in [5.74, 6) is -2.00. The second-order valence-electron chi connectivity index (χ2n) is 7.86. The van der Waals surface area contributed by atoms with E-state index in [2.05, 4.69) is 16.8 Å². The Bertz CT molecular complexity index is 1470. The molecule has 190 valence electrons. The van der Waals surface area contributed by atoms with E-state index in [1.807, 2.05) is 24.3 Å². The molecule has 38 heavy (non-hydrogen) atoms. The molecule has 0 fully saturated rings. The maximum Gasteiger partial charge on any atom is 0.338 e. The first-order valence-electron chi connectivity index (χ1n) is 11.3. The molecule has 0 aliphatic carbocycles. The average Bonchev–Trinajstić information content (AvgIpc) is 2.92. The Morgan fingerprint density at radius 1 is 0.947 bits per heavy atom. The molecule has 0 saturated carbocycles. The van der Waals surface area contributed by atoms with Gasteiger partial charge in [0.15, 0.2) is 11.4 Å². The molecule has 0 bridgehead atoms. The van der Waals surface area contributed by atoms with Crippen LogP contribution in [0.4, 0.5) is 11.4 Å². The molecule has 0 amide bonds. The van der Waals surface area contributed by atoms with Gasteiger partial charge in [0, 0.05) is 5.57 Å². The lowest BCUT2D eigenvalue weighted by Gasteiger charge is -2.05. The number of nitrogens with zero attached hydrogens (tertiary/aromatic N) is 3. The minimum absolute atomic E-state index is 0.0880. The maximum atomic E-state index is 13.0. The average molecular weight is 510 g/mol. The van der Waals surface area contributed by atoms with Crippen LogP contribution in [0.3, 0.4) is 0 Å². The third-order valence-electron chi connectivity index (χ3n) is 4.90. The molecule has 9 nitrogen and oxygen atoms in total. The third-order valence-corrected chi connectivity index (χ3v) is 4.90. The molecule has 0 unspecified atom stereocenters. The molecule has 3 rings (SSSR count). The molecular formula is C29H23N3O6. The fourth-order valence-electron chi connectivity index (χ4n) is 2.96. The molecule has 0 aromatic heterocycles. The molecule has 9 heteroatoms. The number of carbonyl (C=O) groups excluding carboxylic acids is 2. The van der Waals surface area contributed by atoms with Gasteiger partial charge in [-0.05, 0) is 42.3 Å². The summed E-state index contributed by atoms with van der Waals surface area (Å²) < 4.78 is 5.03. The van der Waals surface area contributed by atoms with E-state index in [4.69, 9.17) is 4.74 Å². The van der Waals surface area contributed by atoms with Crippen molar-refractivity contribution in [3.05, 3.63) is 136 Å². The third kappa shape index (κ3) is 7.79. The van der Waals surface area contributed by atoms with Crippen molar-refractivity contribution in [1.29, 1.82) is 0 Å². The molecule has 0 radical (unpaired) electrons. The highest BCUT2D eigenvalue weighted by Gasteiger charge is 2.18. The van der Waals surface area contributed by atoms with Crippen LogP contribution in [0.25, 0.3) is 12.2 Å². The van der Waals surface area contributed by atoms with Gasteiger partial charge in [0.2, 0.25) is 5.78 Å². The monoisotopic (exact) mass is 509 g/mol. The van der Waals surface area contributed by atoms with Gasteiger partial charge in [0.05, 0.1) is 11.0 Å². The lowest BCUT2D eigenvalue weighted by molar-refractivity contribution is -0.384. The van der Waals surface area contributed by atoms with Crippen LogP contribution >= 0.6 is 0 Å². The molecule has 0 saturated heterocycles. The number of nitro groups is 1. The number of ketones is 1. The van der Waals surface area contributed by atoms with Gasteiger partial charge >= 0.3 is 5.97 Å². The summed E-state index contributed by atoms with van der Waals surface area (Å²) in [6.45, 7) is 4.90. The van der Waals surface area contributed by atoms with Crippen LogP contribution in [0, 0.1) is 10.1 Å². The summed E-state index contributed by atoms with van der Waals surface area (Å²) in [6, 6.07) is 21.6. The Labute approximate surface area is 218 Å². The van der Waals surface area contributed by atoms with Crippen molar-refractivity contribution in [3.63, 3.8) is 0 Å². The van der Waals surface area contributed by atoms with Crippen molar-refractivity contribution >= 4 is 35.3 Å². The number of hydrogen-bond acceptors (Lipinski definition) is 8. The largest absolute Gasteiger partial charge is 0.505 e. The smallest absolute Gasteiger partial charge is 0.338 e. The SMILES string of the molecule is C=C(C)C(=O)Oc1ccc(N=NC(C(=O)/C=C/c2ccccc2)=C(O)/C=C/c2ccccc2)c([N+](=O)[O-])c1. The van der Waals surface area contributed by atoms with E-state index in [9.17, 15) is 24.8 Å². The normalized spacial score (nSPS) is 12.0. The van der Waals surface area contributed by atoms with Gasteiger partial charge in [-0.15, -0.1) is 10.2 Å². The number of aliphatic hydroxyl groups is 1. The van der Waals surface area contributed by atoms with Crippen molar-refractivity contribution in [2.45, 2.75) is 6.92 Å². The number of benzene rings is 3. The van der Waals surface area contributed by atoms with Gasteiger partial charge in [0.1, 0.15) is 11.5 Å². The minimum atomic E-state index is -0.746. The number of allylic oxidation sites excluding steroid dienone is 2. The van der Waals surface area contributed by atoms with Gasteiger partial charge in [-0.3, -0.25) is 14.9 Å². The van der Waals surface area contributed by atoms with E-state index >= 15 is 0 Å². The highest BCUT2D eigenvalue weighted by Crippen LogP contribution is 2.32. The van der Waals surface area contributed by atoms with Crippen LogP contribution in [0.2, 0.25) is 0 Å². The van der Waals surface area contributed by atoms with E-state index in [-0.39, 0.29) is 17.0 Å². The van der Waals surface area contributed by atoms with Crippen LogP contribution < -0.4 is 4.74 Å². The Balaban J connectivity index is 1.98. The highest BCUT2D eigenvalue weighted by atomic mass is 16.6. The van der Waals surface area contributed by atoms with Crippen LogP contribution in [-0.2, 0) is 9.59 Å². The zero-order valence-corrected chi connectivity index (χ0v) is 20.4. The first kappa shape index (κ1) is 27.2. The number of carbonyl (C=O) groups is 2. The van der Waals surface area contributed by atoms with Crippen molar-refractivity contribution in [1.82, 2.24) is 0 Å². The van der Waals surface area contributed by atoms with Gasteiger partial charge in [0.25, 0.3) is 5.69 Å². The maximum absolute atomic E-state index is 13.0. The van der Waals surface area contributed by atoms with Crippen LogP contribution in [0.5, 0.6) is 5.75 Å². The highest BCUT2D eigenvalue weighted by molar-refractivity contribution is 6.06. The molecule has 0 spiro atoms. The van der Waals surface area contributed by atoms with Gasteiger partial charge < -0.3 is 9.84 Å². The van der Waals surface area contributed by atoms with E-state index in [0.717, 1.165) is 17.2 Å². The fourth-order valence-corrected chi connectivity index (χ4v) is 2.96. The minimum Gasteiger partial charge on any atom is -0.505 e. The molecule has 0 atom stereocenters.